The standard InChI is InChI=1S/C16H21N5O2/c1-3-4-7-10-17-14-11-18-21-16(20-14)19-13-9-6-5-8-12(13)15(22)23-2/h5-6,8-9,11H,3-4,7,10H2,1-2H3,(H2,17,19,20,21). The van der Waals surface area contributed by atoms with Crippen LogP contribution in [-0.4, -0.2) is 34.8 Å². The quantitative estimate of drug-likeness (QED) is 0.571. The Hall–Kier alpha value is -2.70. The number of esters is 1. The van der Waals surface area contributed by atoms with Crippen molar-refractivity contribution in [3.05, 3.63) is 36.0 Å². The predicted molar refractivity (Wildman–Crippen MR) is 88.9 cm³/mol. The van der Waals surface area contributed by atoms with Gasteiger partial charge in [-0.15, -0.1) is 5.10 Å². The lowest BCUT2D eigenvalue weighted by atomic mass is 10.2. The van der Waals surface area contributed by atoms with Gasteiger partial charge in [-0.2, -0.15) is 10.1 Å². The molecule has 1 aromatic heterocycles. The topological polar surface area (TPSA) is 89.0 Å². The first-order chi connectivity index (χ1) is 11.2. The molecule has 23 heavy (non-hydrogen) atoms. The number of para-hydroxylation sites is 1. The number of hydrogen-bond donors (Lipinski definition) is 2. The number of hydrogen-bond acceptors (Lipinski definition) is 7. The van der Waals surface area contributed by atoms with Gasteiger partial charge in [0, 0.05) is 6.54 Å². The van der Waals surface area contributed by atoms with E-state index in [9.17, 15) is 4.79 Å². The van der Waals surface area contributed by atoms with Crippen molar-refractivity contribution in [3.63, 3.8) is 0 Å². The summed E-state index contributed by atoms with van der Waals surface area (Å²) in [4.78, 5) is 16.1. The summed E-state index contributed by atoms with van der Waals surface area (Å²) < 4.78 is 4.77. The fourth-order valence-corrected chi connectivity index (χ4v) is 2.03. The van der Waals surface area contributed by atoms with Gasteiger partial charge < -0.3 is 15.4 Å². The maximum Gasteiger partial charge on any atom is 0.339 e. The summed E-state index contributed by atoms with van der Waals surface area (Å²) in [5, 5.41) is 14.1. The zero-order chi connectivity index (χ0) is 16.5. The van der Waals surface area contributed by atoms with Crippen LogP contribution in [0.25, 0.3) is 0 Å². The average molecular weight is 315 g/mol. The summed E-state index contributed by atoms with van der Waals surface area (Å²) >= 11 is 0. The Morgan fingerprint density at radius 1 is 1.26 bits per heavy atom. The second-order valence-corrected chi connectivity index (χ2v) is 4.96. The molecule has 2 N–H and O–H groups in total. The number of methoxy groups -OCH3 is 1. The first-order valence-electron chi connectivity index (χ1n) is 7.62. The molecule has 2 rings (SSSR count). The second-order valence-electron chi connectivity index (χ2n) is 4.96. The number of benzene rings is 1. The van der Waals surface area contributed by atoms with Gasteiger partial charge in [0.2, 0.25) is 5.95 Å². The van der Waals surface area contributed by atoms with Crippen LogP contribution in [-0.2, 0) is 4.74 Å². The number of anilines is 3. The van der Waals surface area contributed by atoms with Crippen LogP contribution in [0.5, 0.6) is 0 Å². The lowest BCUT2D eigenvalue weighted by molar-refractivity contribution is 0.0602. The van der Waals surface area contributed by atoms with Gasteiger partial charge in [0.1, 0.15) is 0 Å². The van der Waals surface area contributed by atoms with Crippen molar-refractivity contribution in [3.8, 4) is 0 Å². The van der Waals surface area contributed by atoms with Gasteiger partial charge in [-0.05, 0) is 18.6 Å². The van der Waals surface area contributed by atoms with E-state index in [0.717, 1.165) is 13.0 Å². The van der Waals surface area contributed by atoms with E-state index in [2.05, 4.69) is 32.7 Å². The summed E-state index contributed by atoms with van der Waals surface area (Å²) in [5.74, 6) is 0.547. The number of nitrogens with zero attached hydrogens (tertiary/aromatic N) is 3. The number of carbonyl (C=O) groups is 1. The van der Waals surface area contributed by atoms with Crippen LogP contribution in [0.3, 0.4) is 0 Å². The SMILES string of the molecule is CCCCCNc1cnnc(Nc2ccccc2C(=O)OC)n1. The fraction of sp³-hybridized carbons (Fsp3) is 0.375. The molecule has 0 atom stereocenters. The van der Waals surface area contributed by atoms with Crippen molar-refractivity contribution >= 4 is 23.4 Å². The number of nitrogens with one attached hydrogen (secondary N) is 2. The van der Waals surface area contributed by atoms with E-state index in [1.807, 2.05) is 6.07 Å². The number of carbonyl (C=O) groups excluding carboxylic acids is 1. The van der Waals surface area contributed by atoms with Crippen LogP contribution < -0.4 is 10.6 Å². The first-order valence-corrected chi connectivity index (χ1v) is 7.62. The lowest BCUT2D eigenvalue weighted by Gasteiger charge is -2.10. The van der Waals surface area contributed by atoms with Gasteiger partial charge in [0.05, 0.1) is 24.6 Å². The maximum atomic E-state index is 11.8. The second kappa shape index (κ2) is 8.67. The molecule has 0 radical (unpaired) electrons. The highest BCUT2D eigenvalue weighted by molar-refractivity contribution is 5.96. The highest BCUT2D eigenvalue weighted by Crippen LogP contribution is 2.19. The molecule has 2 aromatic rings. The smallest absolute Gasteiger partial charge is 0.339 e. The third kappa shape index (κ3) is 4.91. The summed E-state index contributed by atoms with van der Waals surface area (Å²) in [6, 6.07) is 7.02. The Balaban J connectivity index is 2.07. The third-order valence-corrected chi connectivity index (χ3v) is 3.22. The maximum absolute atomic E-state index is 11.8. The Bertz CT molecular complexity index is 648. The monoisotopic (exact) mass is 315 g/mol. The van der Waals surface area contributed by atoms with E-state index in [1.165, 1.54) is 20.0 Å². The Morgan fingerprint density at radius 2 is 2.09 bits per heavy atom. The predicted octanol–water partition coefficient (Wildman–Crippen LogP) is 3.00. The van der Waals surface area contributed by atoms with Crippen molar-refractivity contribution in [2.24, 2.45) is 0 Å². The Kier molecular flexibility index (Phi) is 6.28. The van der Waals surface area contributed by atoms with Crippen molar-refractivity contribution in [1.82, 2.24) is 15.2 Å². The molecule has 0 unspecified atom stereocenters. The molecule has 1 aromatic carbocycles. The summed E-state index contributed by atoms with van der Waals surface area (Å²) in [6.07, 6.45) is 4.99. The van der Waals surface area contributed by atoms with Crippen molar-refractivity contribution in [1.29, 1.82) is 0 Å². The molecule has 7 nitrogen and oxygen atoms in total. The minimum Gasteiger partial charge on any atom is -0.465 e. The Labute approximate surface area is 135 Å². The van der Waals surface area contributed by atoms with Gasteiger partial charge in [-0.25, -0.2) is 4.79 Å². The number of aromatic nitrogens is 3. The highest BCUT2D eigenvalue weighted by Gasteiger charge is 2.12. The van der Waals surface area contributed by atoms with Crippen molar-refractivity contribution < 1.29 is 9.53 Å². The fourth-order valence-electron chi connectivity index (χ4n) is 2.03. The lowest BCUT2D eigenvalue weighted by Crippen LogP contribution is -2.09. The molecular weight excluding hydrogens is 294 g/mol. The molecule has 0 aliphatic rings. The molecule has 0 aliphatic heterocycles. The largest absolute Gasteiger partial charge is 0.465 e. The first kappa shape index (κ1) is 16.7. The van der Waals surface area contributed by atoms with Gasteiger partial charge >= 0.3 is 5.97 Å². The summed E-state index contributed by atoms with van der Waals surface area (Å²) in [6.45, 7) is 3.00. The summed E-state index contributed by atoms with van der Waals surface area (Å²) in [7, 11) is 1.35. The van der Waals surface area contributed by atoms with Crippen LogP contribution in [0.1, 0.15) is 36.5 Å². The molecule has 0 aliphatic carbocycles. The number of ether oxygens (including phenoxy) is 1. The molecule has 0 bridgehead atoms. The highest BCUT2D eigenvalue weighted by atomic mass is 16.5. The van der Waals surface area contributed by atoms with Gasteiger partial charge in [-0.3, -0.25) is 0 Å². The van der Waals surface area contributed by atoms with Gasteiger partial charge in [-0.1, -0.05) is 31.9 Å². The van der Waals surface area contributed by atoms with Crippen LogP contribution in [0.15, 0.2) is 30.5 Å². The number of unbranched alkanes of at least 4 members (excludes halogenated alkanes) is 2. The molecule has 0 saturated heterocycles. The molecule has 0 amide bonds. The van der Waals surface area contributed by atoms with Crippen molar-refractivity contribution in [2.45, 2.75) is 26.2 Å². The minimum absolute atomic E-state index is 0.321. The zero-order valence-electron chi connectivity index (χ0n) is 13.4. The van der Waals surface area contributed by atoms with E-state index < -0.39 is 5.97 Å². The third-order valence-electron chi connectivity index (χ3n) is 3.22. The van der Waals surface area contributed by atoms with E-state index in [0.29, 0.717) is 23.0 Å². The molecule has 122 valence electrons. The zero-order valence-corrected chi connectivity index (χ0v) is 13.4. The van der Waals surface area contributed by atoms with E-state index in [4.69, 9.17) is 4.74 Å². The molecule has 7 heteroatoms. The van der Waals surface area contributed by atoms with Crippen LogP contribution >= 0.6 is 0 Å². The van der Waals surface area contributed by atoms with Gasteiger partial charge in [0.15, 0.2) is 5.82 Å². The van der Waals surface area contributed by atoms with Gasteiger partial charge in [0.25, 0.3) is 0 Å². The minimum atomic E-state index is -0.421. The van der Waals surface area contributed by atoms with Crippen LogP contribution in [0, 0.1) is 0 Å². The van der Waals surface area contributed by atoms with Crippen LogP contribution in [0.2, 0.25) is 0 Å². The average Bonchev–Trinajstić information content (AvgIpc) is 2.59. The van der Waals surface area contributed by atoms with E-state index in [-0.39, 0.29) is 0 Å². The molecule has 0 spiro atoms. The van der Waals surface area contributed by atoms with Crippen molar-refractivity contribution in [2.75, 3.05) is 24.3 Å². The number of rotatable bonds is 8. The van der Waals surface area contributed by atoms with E-state index >= 15 is 0 Å². The molecular formula is C16H21N5O2. The Morgan fingerprint density at radius 3 is 2.87 bits per heavy atom. The van der Waals surface area contributed by atoms with E-state index in [1.54, 1.807) is 24.4 Å². The normalized spacial score (nSPS) is 10.2. The summed E-state index contributed by atoms with van der Waals surface area (Å²) in [5.41, 5.74) is 0.990. The molecule has 1 heterocycles. The molecule has 0 fully saturated rings. The molecule has 0 saturated carbocycles. The van der Waals surface area contributed by atoms with Crippen LogP contribution in [0.4, 0.5) is 17.5 Å².